The van der Waals surface area contributed by atoms with Gasteiger partial charge in [-0.1, -0.05) is 31.9 Å². The zero-order valence-corrected chi connectivity index (χ0v) is 13.5. The molecule has 21 heavy (non-hydrogen) atoms. The summed E-state index contributed by atoms with van der Waals surface area (Å²) >= 11 is 0. The van der Waals surface area contributed by atoms with Gasteiger partial charge in [0, 0.05) is 12.6 Å². The number of sulfonamides is 1. The predicted molar refractivity (Wildman–Crippen MR) is 83.7 cm³/mol. The topological polar surface area (TPSA) is 57.6 Å². The maximum Gasteiger partial charge on any atom is 0.243 e. The second-order valence-corrected chi connectivity index (χ2v) is 7.59. The standard InChI is InChI=1S/C16H25NO3S/c1-2-3-6-14-8-10-16(11-9-14)21(19,20)17-12-5-4-7-15(17)13-18/h8-11,15,18H,2-7,12-13H2,1H3. The van der Waals surface area contributed by atoms with Gasteiger partial charge in [-0.2, -0.15) is 4.31 Å². The Kier molecular flexibility index (Phi) is 5.79. The van der Waals surface area contributed by atoms with Crippen molar-refractivity contribution in [3.8, 4) is 0 Å². The lowest BCUT2D eigenvalue weighted by Gasteiger charge is -2.33. The Labute approximate surface area is 127 Å². The molecule has 4 nitrogen and oxygen atoms in total. The third-order valence-electron chi connectivity index (χ3n) is 4.13. The molecule has 1 saturated heterocycles. The van der Waals surface area contributed by atoms with Crippen LogP contribution in [0.2, 0.25) is 0 Å². The zero-order chi connectivity index (χ0) is 15.3. The lowest BCUT2D eigenvalue weighted by atomic mass is 10.1. The van der Waals surface area contributed by atoms with Crippen molar-refractivity contribution >= 4 is 10.0 Å². The minimum atomic E-state index is -3.49. The van der Waals surface area contributed by atoms with Crippen molar-refractivity contribution in [2.24, 2.45) is 0 Å². The summed E-state index contributed by atoms with van der Waals surface area (Å²) in [5, 5.41) is 9.41. The zero-order valence-electron chi connectivity index (χ0n) is 12.7. The Morgan fingerprint density at radius 1 is 1.24 bits per heavy atom. The average molecular weight is 311 g/mol. The number of aliphatic hydroxyl groups excluding tert-OH is 1. The molecule has 0 amide bonds. The molecule has 118 valence electrons. The summed E-state index contributed by atoms with van der Waals surface area (Å²) in [5.74, 6) is 0. The van der Waals surface area contributed by atoms with Crippen molar-refractivity contribution in [2.45, 2.75) is 56.4 Å². The molecule has 1 N–H and O–H groups in total. The Balaban J connectivity index is 2.18. The summed E-state index contributed by atoms with van der Waals surface area (Å²) in [6, 6.07) is 6.93. The Morgan fingerprint density at radius 2 is 1.95 bits per heavy atom. The molecule has 0 spiro atoms. The summed E-state index contributed by atoms with van der Waals surface area (Å²) in [5.41, 5.74) is 1.17. The fraction of sp³-hybridized carbons (Fsp3) is 0.625. The van der Waals surface area contributed by atoms with E-state index in [0.717, 1.165) is 38.5 Å². The van der Waals surface area contributed by atoms with Crippen LogP contribution in [0.25, 0.3) is 0 Å². The third-order valence-corrected chi connectivity index (χ3v) is 6.10. The molecular formula is C16H25NO3S. The largest absolute Gasteiger partial charge is 0.395 e. The number of nitrogens with zero attached hydrogens (tertiary/aromatic N) is 1. The van der Waals surface area contributed by atoms with Crippen LogP contribution in [-0.2, 0) is 16.4 Å². The van der Waals surface area contributed by atoms with Crippen LogP contribution in [0.4, 0.5) is 0 Å². The maximum atomic E-state index is 12.7. The van der Waals surface area contributed by atoms with Crippen LogP contribution in [0.5, 0.6) is 0 Å². The molecule has 1 aromatic carbocycles. The molecule has 0 aliphatic carbocycles. The molecule has 1 fully saturated rings. The summed E-state index contributed by atoms with van der Waals surface area (Å²) < 4.78 is 26.9. The molecule has 1 heterocycles. The number of benzene rings is 1. The number of aliphatic hydroxyl groups is 1. The SMILES string of the molecule is CCCCc1ccc(S(=O)(=O)N2CCCCC2CO)cc1. The van der Waals surface area contributed by atoms with Crippen molar-refractivity contribution in [1.82, 2.24) is 4.31 Å². The Bertz CT molecular complexity index is 539. The highest BCUT2D eigenvalue weighted by Crippen LogP contribution is 2.25. The Morgan fingerprint density at radius 3 is 2.57 bits per heavy atom. The first-order valence-corrected chi connectivity index (χ1v) is 9.25. The normalized spacial score (nSPS) is 20.6. The van der Waals surface area contributed by atoms with Crippen molar-refractivity contribution in [3.05, 3.63) is 29.8 Å². The second kappa shape index (κ2) is 7.38. The van der Waals surface area contributed by atoms with E-state index >= 15 is 0 Å². The molecule has 5 heteroatoms. The van der Waals surface area contributed by atoms with Gasteiger partial charge in [0.1, 0.15) is 0 Å². The van der Waals surface area contributed by atoms with Crippen LogP contribution in [0, 0.1) is 0 Å². The Hall–Kier alpha value is -0.910. The monoisotopic (exact) mass is 311 g/mol. The van der Waals surface area contributed by atoms with E-state index in [2.05, 4.69) is 6.92 Å². The number of hydrogen-bond donors (Lipinski definition) is 1. The van der Waals surface area contributed by atoms with E-state index in [-0.39, 0.29) is 12.6 Å². The van der Waals surface area contributed by atoms with Crippen LogP contribution < -0.4 is 0 Å². The van der Waals surface area contributed by atoms with Gasteiger partial charge in [0.05, 0.1) is 11.5 Å². The third kappa shape index (κ3) is 3.84. The number of unbranched alkanes of at least 4 members (excludes halogenated alkanes) is 1. The van der Waals surface area contributed by atoms with E-state index in [4.69, 9.17) is 0 Å². The molecule has 0 aromatic heterocycles. The first-order valence-electron chi connectivity index (χ1n) is 7.81. The number of hydrogen-bond acceptors (Lipinski definition) is 3. The molecular weight excluding hydrogens is 286 g/mol. The van der Waals surface area contributed by atoms with Gasteiger partial charge in [0.25, 0.3) is 0 Å². The number of aryl methyl sites for hydroxylation is 1. The fourth-order valence-corrected chi connectivity index (χ4v) is 4.50. The molecule has 1 aromatic rings. The second-order valence-electron chi connectivity index (χ2n) is 5.70. The van der Waals surface area contributed by atoms with E-state index in [1.807, 2.05) is 12.1 Å². The molecule has 1 atom stereocenters. The van der Waals surface area contributed by atoms with Gasteiger partial charge in [-0.15, -0.1) is 0 Å². The smallest absolute Gasteiger partial charge is 0.243 e. The molecule has 1 unspecified atom stereocenters. The summed E-state index contributed by atoms with van der Waals surface area (Å²) in [6.45, 7) is 2.54. The van der Waals surface area contributed by atoms with Gasteiger partial charge in [-0.3, -0.25) is 0 Å². The van der Waals surface area contributed by atoms with Crippen LogP contribution in [0.3, 0.4) is 0 Å². The van der Waals surface area contributed by atoms with Gasteiger partial charge in [0.2, 0.25) is 10.0 Å². The van der Waals surface area contributed by atoms with Crippen molar-refractivity contribution in [1.29, 1.82) is 0 Å². The highest BCUT2D eigenvalue weighted by Gasteiger charge is 2.32. The van der Waals surface area contributed by atoms with Gasteiger partial charge in [0.15, 0.2) is 0 Å². The summed E-state index contributed by atoms with van der Waals surface area (Å²) in [6.07, 6.45) is 5.82. The first kappa shape index (κ1) is 16.5. The minimum Gasteiger partial charge on any atom is -0.395 e. The quantitative estimate of drug-likeness (QED) is 0.878. The van der Waals surface area contributed by atoms with Crippen LogP contribution in [-0.4, -0.2) is 37.0 Å². The molecule has 2 rings (SSSR count). The minimum absolute atomic E-state index is 0.103. The van der Waals surface area contributed by atoms with Crippen molar-refractivity contribution in [3.63, 3.8) is 0 Å². The van der Waals surface area contributed by atoms with E-state index in [1.165, 1.54) is 9.87 Å². The van der Waals surface area contributed by atoms with Crippen molar-refractivity contribution in [2.75, 3.05) is 13.2 Å². The molecule has 0 saturated carbocycles. The lowest BCUT2D eigenvalue weighted by Crippen LogP contribution is -2.45. The van der Waals surface area contributed by atoms with Gasteiger partial charge >= 0.3 is 0 Å². The highest BCUT2D eigenvalue weighted by atomic mass is 32.2. The predicted octanol–water partition coefficient (Wildman–Crippen LogP) is 2.56. The maximum absolute atomic E-state index is 12.7. The van der Waals surface area contributed by atoms with E-state index in [1.54, 1.807) is 12.1 Å². The average Bonchev–Trinajstić information content (AvgIpc) is 2.53. The number of piperidine rings is 1. The van der Waals surface area contributed by atoms with E-state index < -0.39 is 10.0 Å². The highest BCUT2D eigenvalue weighted by molar-refractivity contribution is 7.89. The number of rotatable bonds is 6. The molecule has 1 aliphatic heterocycles. The molecule has 0 bridgehead atoms. The summed E-state index contributed by atoms with van der Waals surface area (Å²) in [4.78, 5) is 0.336. The van der Waals surface area contributed by atoms with Gasteiger partial charge in [-0.25, -0.2) is 8.42 Å². The van der Waals surface area contributed by atoms with Gasteiger partial charge < -0.3 is 5.11 Å². The fourth-order valence-electron chi connectivity index (χ4n) is 2.82. The van der Waals surface area contributed by atoms with Crippen LogP contribution >= 0.6 is 0 Å². The molecule has 1 aliphatic rings. The van der Waals surface area contributed by atoms with Crippen LogP contribution in [0.1, 0.15) is 44.6 Å². The van der Waals surface area contributed by atoms with E-state index in [9.17, 15) is 13.5 Å². The lowest BCUT2D eigenvalue weighted by molar-refractivity contribution is 0.155. The van der Waals surface area contributed by atoms with Crippen molar-refractivity contribution < 1.29 is 13.5 Å². The van der Waals surface area contributed by atoms with Gasteiger partial charge in [-0.05, 0) is 43.4 Å². The summed E-state index contributed by atoms with van der Waals surface area (Å²) in [7, 11) is -3.49. The van der Waals surface area contributed by atoms with E-state index in [0.29, 0.717) is 11.4 Å². The van der Waals surface area contributed by atoms with Crippen LogP contribution in [0.15, 0.2) is 29.2 Å². The first-order chi connectivity index (χ1) is 10.1. The molecule has 0 radical (unpaired) electrons.